The molecule has 1 amide bonds. The van der Waals surface area contributed by atoms with Crippen LogP contribution in [0, 0.1) is 0 Å². The third-order valence-corrected chi connectivity index (χ3v) is 5.90. The number of halogens is 1. The first kappa shape index (κ1) is 14.1. The van der Waals surface area contributed by atoms with E-state index in [1.165, 1.54) is 16.5 Å². The van der Waals surface area contributed by atoms with E-state index in [9.17, 15) is 4.79 Å². The second-order valence-electron chi connectivity index (χ2n) is 6.87. The molecule has 1 atom stereocenters. The lowest BCUT2D eigenvalue weighted by molar-refractivity contribution is -0.137. The third-order valence-electron chi connectivity index (χ3n) is 5.66. The van der Waals surface area contributed by atoms with Gasteiger partial charge in [-0.15, -0.1) is 0 Å². The quantitative estimate of drug-likeness (QED) is 0.661. The number of carbonyl (C=O) groups is 1. The molecule has 0 saturated heterocycles. The summed E-state index contributed by atoms with van der Waals surface area (Å²) < 4.78 is 0. The number of hydrogen-bond acceptors (Lipinski definition) is 1. The normalized spacial score (nSPS) is 22.2. The fourth-order valence-corrected chi connectivity index (χ4v) is 4.75. The maximum absolute atomic E-state index is 12.8. The molecule has 4 heteroatoms. The number of fused-ring (bicyclic) bond motifs is 7. The van der Waals surface area contributed by atoms with Crippen LogP contribution in [-0.4, -0.2) is 22.3 Å². The minimum Gasteiger partial charge on any atom is -0.356 e. The van der Waals surface area contributed by atoms with E-state index < -0.39 is 5.54 Å². The molecule has 24 heavy (non-hydrogen) atoms. The van der Waals surface area contributed by atoms with Crippen molar-refractivity contribution in [1.82, 2.24) is 9.88 Å². The second-order valence-corrected chi connectivity index (χ2v) is 7.31. The highest BCUT2D eigenvalue weighted by Gasteiger charge is 2.48. The summed E-state index contributed by atoms with van der Waals surface area (Å²) in [7, 11) is 0. The van der Waals surface area contributed by atoms with E-state index in [0.29, 0.717) is 11.4 Å². The van der Waals surface area contributed by atoms with Crippen LogP contribution in [0.1, 0.15) is 29.3 Å². The zero-order chi connectivity index (χ0) is 16.5. The maximum atomic E-state index is 12.8. The lowest BCUT2D eigenvalue weighted by Crippen LogP contribution is -2.56. The highest BCUT2D eigenvalue weighted by Crippen LogP contribution is 2.47. The summed E-state index contributed by atoms with van der Waals surface area (Å²) >= 11 is 6.18. The Balaban J connectivity index is 1.85. The molecule has 1 aromatic heterocycles. The van der Waals surface area contributed by atoms with E-state index in [0.717, 1.165) is 29.7 Å². The van der Waals surface area contributed by atoms with Gasteiger partial charge in [0.25, 0.3) is 0 Å². The van der Waals surface area contributed by atoms with Gasteiger partial charge in [0.05, 0.1) is 6.42 Å². The first-order valence-corrected chi connectivity index (χ1v) is 8.66. The van der Waals surface area contributed by atoms with Gasteiger partial charge < -0.3 is 9.88 Å². The van der Waals surface area contributed by atoms with E-state index in [1.807, 2.05) is 23.1 Å². The number of H-pyrrole nitrogens is 1. The number of nitrogens with one attached hydrogen (secondary N) is 1. The molecule has 0 fully saturated rings. The van der Waals surface area contributed by atoms with Crippen molar-refractivity contribution in [2.75, 3.05) is 6.54 Å². The molecule has 0 saturated carbocycles. The summed E-state index contributed by atoms with van der Waals surface area (Å²) in [6.07, 6.45) is 1.32. The number of para-hydroxylation sites is 1. The molecule has 3 nitrogen and oxygen atoms in total. The van der Waals surface area contributed by atoms with Crippen molar-refractivity contribution in [3.63, 3.8) is 0 Å². The van der Waals surface area contributed by atoms with Crippen LogP contribution in [0.5, 0.6) is 0 Å². The van der Waals surface area contributed by atoms with E-state index in [1.54, 1.807) is 0 Å². The minimum atomic E-state index is -0.456. The van der Waals surface area contributed by atoms with Crippen LogP contribution >= 0.6 is 11.6 Å². The van der Waals surface area contributed by atoms with E-state index in [4.69, 9.17) is 11.6 Å². The molecule has 2 aromatic carbocycles. The summed E-state index contributed by atoms with van der Waals surface area (Å²) in [4.78, 5) is 18.4. The van der Waals surface area contributed by atoms with E-state index in [-0.39, 0.29) is 5.91 Å². The molecule has 1 unspecified atom stereocenters. The SMILES string of the molecule is CC12c3ccc(Cl)cc3CC(=O)N1CCc1c2[nH]c2ccccc12. The van der Waals surface area contributed by atoms with Gasteiger partial charge >= 0.3 is 0 Å². The molecule has 3 heterocycles. The van der Waals surface area contributed by atoms with Crippen LogP contribution in [0.15, 0.2) is 42.5 Å². The molecule has 0 aliphatic carbocycles. The predicted molar refractivity (Wildman–Crippen MR) is 95.3 cm³/mol. The zero-order valence-corrected chi connectivity index (χ0v) is 14.2. The van der Waals surface area contributed by atoms with Gasteiger partial charge in [0.1, 0.15) is 5.54 Å². The number of carbonyl (C=O) groups excluding carboxylic acids is 1. The Hall–Kier alpha value is -2.26. The molecule has 0 spiro atoms. The largest absolute Gasteiger partial charge is 0.356 e. The molecule has 1 N–H and O–H groups in total. The molecular weight excluding hydrogens is 320 g/mol. The van der Waals surface area contributed by atoms with Crippen LogP contribution < -0.4 is 0 Å². The summed E-state index contributed by atoms with van der Waals surface area (Å²) in [5.74, 6) is 0.177. The lowest BCUT2D eigenvalue weighted by Gasteiger charge is -2.48. The first-order valence-electron chi connectivity index (χ1n) is 8.28. The molecule has 2 aliphatic heterocycles. The van der Waals surface area contributed by atoms with E-state index >= 15 is 0 Å². The highest BCUT2D eigenvalue weighted by molar-refractivity contribution is 6.30. The van der Waals surface area contributed by atoms with Crippen molar-refractivity contribution < 1.29 is 4.79 Å². The zero-order valence-electron chi connectivity index (χ0n) is 13.4. The van der Waals surface area contributed by atoms with Gasteiger partial charge in [-0.25, -0.2) is 0 Å². The predicted octanol–water partition coefficient (Wildman–Crippen LogP) is 4.03. The number of hydrogen-bond donors (Lipinski definition) is 1. The third kappa shape index (κ3) is 1.65. The van der Waals surface area contributed by atoms with Gasteiger partial charge in [0.15, 0.2) is 0 Å². The maximum Gasteiger partial charge on any atom is 0.228 e. The molecule has 2 aliphatic rings. The Morgan fingerprint density at radius 3 is 2.92 bits per heavy atom. The second kappa shape index (κ2) is 4.64. The number of amides is 1. The van der Waals surface area contributed by atoms with Crippen LogP contribution in [-0.2, 0) is 23.2 Å². The van der Waals surface area contributed by atoms with Crippen LogP contribution in [0.3, 0.4) is 0 Å². The number of rotatable bonds is 0. The summed E-state index contributed by atoms with van der Waals surface area (Å²) in [5.41, 5.74) is 5.38. The van der Waals surface area contributed by atoms with Crippen molar-refractivity contribution in [1.29, 1.82) is 0 Å². The number of benzene rings is 2. The number of nitrogens with zero attached hydrogens (tertiary/aromatic N) is 1. The first-order chi connectivity index (χ1) is 11.6. The Bertz CT molecular complexity index is 1010. The van der Waals surface area contributed by atoms with Crippen LogP contribution in [0.2, 0.25) is 5.02 Å². The Labute approximate surface area is 145 Å². The molecule has 0 radical (unpaired) electrons. The average molecular weight is 337 g/mol. The van der Waals surface area contributed by atoms with Gasteiger partial charge in [0.2, 0.25) is 5.91 Å². The van der Waals surface area contributed by atoms with Gasteiger partial charge in [-0.1, -0.05) is 35.9 Å². The Kier molecular flexibility index (Phi) is 2.73. The Morgan fingerprint density at radius 1 is 1.21 bits per heavy atom. The van der Waals surface area contributed by atoms with Crippen molar-refractivity contribution in [2.45, 2.75) is 25.3 Å². The highest BCUT2D eigenvalue weighted by atomic mass is 35.5. The summed E-state index contributed by atoms with van der Waals surface area (Å²) in [5, 5.41) is 1.95. The fraction of sp³-hybridized carbons (Fsp3) is 0.250. The van der Waals surface area contributed by atoms with Crippen molar-refractivity contribution in [2.24, 2.45) is 0 Å². The molecule has 3 aromatic rings. The smallest absolute Gasteiger partial charge is 0.228 e. The molecular formula is C20H17ClN2O. The van der Waals surface area contributed by atoms with Gasteiger partial charge in [-0.3, -0.25) is 4.79 Å². The van der Waals surface area contributed by atoms with Gasteiger partial charge in [-0.2, -0.15) is 0 Å². The molecule has 120 valence electrons. The minimum absolute atomic E-state index is 0.177. The summed E-state index contributed by atoms with van der Waals surface area (Å²) in [6.45, 7) is 2.91. The molecule has 0 bridgehead atoms. The van der Waals surface area contributed by atoms with Crippen molar-refractivity contribution in [3.05, 3.63) is 69.9 Å². The fourth-order valence-electron chi connectivity index (χ4n) is 4.55. The average Bonchev–Trinajstić information content (AvgIpc) is 2.94. The summed E-state index contributed by atoms with van der Waals surface area (Å²) in [6, 6.07) is 14.3. The van der Waals surface area contributed by atoms with Crippen molar-refractivity contribution >= 4 is 28.4 Å². The van der Waals surface area contributed by atoms with Crippen LogP contribution in [0.25, 0.3) is 10.9 Å². The topological polar surface area (TPSA) is 36.1 Å². The monoisotopic (exact) mass is 336 g/mol. The number of aromatic nitrogens is 1. The van der Waals surface area contributed by atoms with Gasteiger partial charge in [-0.05, 0) is 48.2 Å². The van der Waals surface area contributed by atoms with E-state index in [2.05, 4.69) is 36.2 Å². The number of aromatic amines is 1. The van der Waals surface area contributed by atoms with Crippen LogP contribution in [0.4, 0.5) is 0 Å². The Morgan fingerprint density at radius 2 is 2.04 bits per heavy atom. The standard InChI is InChI=1S/C20H17ClN2O/c1-20-16-7-6-13(21)10-12(16)11-18(24)23(20)9-8-15-14-4-2-3-5-17(14)22-19(15)20/h2-7,10,22H,8-9,11H2,1H3. The van der Waals surface area contributed by atoms with Gasteiger partial charge in [0, 0.05) is 28.2 Å². The van der Waals surface area contributed by atoms with Crippen molar-refractivity contribution in [3.8, 4) is 0 Å². The lowest BCUT2D eigenvalue weighted by atomic mass is 9.75. The molecule has 5 rings (SSSR count).